The first-order chi connectivity index (χ1) is 8.70. The third-order valence-electron chi connectivity index (χ3n) is 3.93. The molecule has 1 aliphatic rings. The summed E-state index contributed by atoms with van der Waals surface area (Å²) in [6.07, 6.45) is 4.07. The van der Waals surface area contributed by atoms with E-state index < -0.39 is 0 Å². The molecule has 1 aromatic carbocycles. The summed E-state index contributed by atoms with van der Waals surface area (Å²) in [7, 11) is 0. The van der Waals surface area contributed by atoms with Crippen molar-refractivity contribution in [1.29, 1.82) is 0 Å². The van der Waals surface area contributed by atoms with Crippen LogP contribution in [0, 0.1) is 6.92 Å². The Balaban J connectivity index is 1.89. The fourth-order valence-electron chi connectivity index (χ4n) is 2.99. The van der Waals surface area contributed by atoms with Crippen molar-refractivity contribution >= 4 is 11.8 Å². The van der Waals surface area contributed by atoms with Crippen LogP contribution in [0.2, 0.25) is 0 Å². The van der Waals surface area contributed by atoms with Gasteiger partial charge in [-0.05, 0) is 50.0 Å². The van der Waals surface area contributed by atoms with Gasteiger partial charge in [-0.15, -0.1) is 0 Å². The topological polar surface area (TPSA) is 12.0 Å². The highest BCUT2D eigenvalue weighted by Gasteiger charge is 2.25. The fraction of sp³-hybridized carbons (Fsp3) is 0.625. The molecular weight excluding hydrogens is 238 g/mol. The average Bonchev–Trinajstić information content (AvgIpc) is 2.77. The molecule has 1 saturated carbocycles. The zero-order valence-corrected chi connectivity index (χ0v) is 12.6. The van der Waals surface area contributed by atoms with Gasteiger partial charge >= 0.3 is 0 Å². The van der Waals surface area contributed by atoms with Crippen LogP contribution in [0.4, 0.5) is 0 Å². The quantitative estimate of drug-likeness (QED) is 0.849. The standard InChI is InChI=1S/C16H25NS/c1-4-18-15-10-9-14(11-15)17-13(3)16-8-6-5-7-12(16)2/h5-8,13-15,17H,4,9-11H2,1-3H3. The molecule has 0 radical (unpaired) electrons. The molecule has 0 saturated heterocycles. The van der Waals surface area contributed by atoms with Gasteiger partial charge in [0.15, 0.2) is 0 Å². The van der Waals surface area contributed by atoms with E-state index in [1.54, 1.807) is 0 Å². The molecule has 1 nitrogen and oxygen atoms in total. The summed E-state index contributed by atoms with van der Waals surface area (Å²) in [5.74, 6) is 1.25. The number of hydrogen-bond acceptors (Lipinski definition) is 2. The first kappa shape index (κ1) is 14.0. The summed E-state index contributed by atoms with van der Waals surface area (Å²) in [5.41, 5.74) is 2.85. The van der Waals surface area contributed by atoms with Gasteiger partial charge < -0.3 is 5.32 Å². The summed E-state index contributed by atoms with van der Waals surface area (Å²) < 4.78 is 0. The first-order valence-electron chi connectivity index (χ1n) is 7.14. The van der Waals surface area contributed by atoms with Crippen LogP contribution in [0.1, 0.15) is 50.3 Å². The van der Waals surface area contributed by atoms with Crippen molar-refractivity contribution in [2.45, 2.75) is 57.4 Å². The maximum Gasteiger partial charge on any atom is 0.0296 e. The molecule has 0 aliphatic heterocycles. The molecule has 2 rings (SSSR count). The number of benzene rings is 1. The van der Waals surface area contributed by atoms with Crippen molar-refractivity contribution in [3.8, 4) is 0 Å². The highest BCUT2D eigenvalue weighted by atomic mass is 32.2. The van der Waals surface area contributed by atoms with E-state index in [1.807, 2.05) is 0 Å². The van der Waals surface area contributed by atoms with Crippen molar-refractivity contribution < 1.29 is 0 Å². The van der Waals surface area contributed by atoms with E-state index in [2.05, 4.69) is 62.1 Å². The monoisotopic (exact) mass is 263 g/mol. The van der Waals surface area contributed by atoms with Crippen molar-refractivity contribution in [1.82, 2.24) is 5.32 Å². The third-order valence-corrected chi connectivity index (χ3v) is 5.16. The van der Waals surface area contributed by atoms with Crippen LogP contribution in [0.25, 0.3) is 0 Å². The molecule has 3 atom stereocenters. The smallest absolute Gasteiger partial charge is 0.0296 e. The molecule has 0 bridgehead atoms. The Bertz CT molecular complexity index is 377. The maximum atomic E-state index is 3.81. The lowest BCUT2D eigenvalue weighted by Crippen LogP contribution is -2.29. The lowest BCUT2D eigenvalue weighted by molar-refractivity contribution is 0.461. The average molecular weight is 263 g/mol. The second-order valence-corrected chi connectivity index (χ2v) is 6.91. The van der Waals surface area contributed by atoms with Crippen LogP contribution in [0.5, 0.6) is 0 Å². The van der Waals surface area contributed by atoms with Gasteiger partial charge in [0, 0.05) is 17.3 Å². The van der Waals surface area contributed by atoms with Gasteiger partial charge in [0.25, 0.3) is 0 Å². The zero-order valence-electron chi connectivity index (χ0n) is 11.8. The van der Waals surface area contributed by atoms with Crippen molar-refractivity contribution in [2.75, 3.05) is 5.75 Å². The molecule has 1 aromatic rings. The number of aryl methyl sites for hydroxylation is 1. The Hall–Kier alpha value is -0.470. The van der Waals surface area contributed by atoms with Gasteiger partial charge in [0.1, 0.15) is 0 Å². The minimum atomic E-state index is 0.474. The molecule has 2 heteroatoms. The predicted octanol–water partition coefficient (Wildman–Crippen LogP) is 4.32. The Labute approximate surface area is 116 Å². The highest BCUT2D eigenvalue weighted by Crippen LogP contribution is 2.31. The number of nitrogens with one attached hydrogen (secondary N) is 1. The second-order valence-electron chi connectivity index (χ2n) is 5.33. The Kier molecular flexibility index (Phi) is 5.13. The molecule has 3 unspecified atom stereocenters. The van der Waals surface area contributed by atoms with Gasteiger partial charge in [0.05, 0.1) is 0 Å². The summed E-state index contributed by atoms with van der Waals surface area (Å²) >= 11 is 2.13. The van der Waals surface area contributed by atoms with Crippen LogP contribution in [-0.2, 0) is 0 Å². The van der Waals surface area contributed by atoms with Crippen LogP contribution >= 0.6 is 11.8 Å². The molecule has 1 aliphatic carbocycles. The second kappa shape index (κ2) is 6.63. The minimum absolute atomic E-state index is 0.474. The van der Waals surface area contributed by atoms with E-state index in [-0.39, 0.29) is 0 Å². The Morgan fingerprint density at radius 2 is 2.11 bits per heavy atom. The number of thioether (sulfide) groups is 1. The molecule has 0 aromatic heterocycles. The third kappa shape index (κ3) is 3.52. The fourth-order valence-corrected chi connectivity index (χ4v) is 4.14. The summed E-state index contributed by atoms with van der Waals surface area (Å²) in [6.45, 7) is 6.77. The van der Waals surface area contributed by atoms with Gasteiger partial charge in [-0.25, -0.2) is 0 Å². The van der Waals surface area contributed by atoms with E-state index in [0.29, 0.717) is 12.1 Å². The predicted molar refractivity (Wildman–Crippen MR) is 82.3 cm³/mol. The van der Waals surface area contributed by atoms with Crippen molar-refractivity contribution in [3.63, 3.8) is 0 Å². The molecule has 0 spiro atoms. The van der Waals surface area contributed by atoms with Crippen LogP contribution in [-0.4, -0.2) is 17.0 Å². The summed E-state index contributed by atoms with van der Waals surface area (Å²) in [6, 6.07) is 9.91. The van der Waals surface area contributed by atoms with Gasteiger partial charge in [-0.1, -0.05) is 31.2 Å². The molecular formula is C16H25NS. The van der Waals surface area contributed by atoms with Crippen molar-refractivity contribution in [2.24, 2.45) is 0 Å². The van der Waals surface area contributed by atoms with E-state index in [4.69, 9.17) is 0 Å². The SMILES string of the molecule is CCSC1CCC(NC(C)c2ccccc2C)C1. The molecule has 0 heterocycles. The Morgan fingerprint density at radius 1 is 1.33 bits per heavy atom. The highest BCUT2D eigenvalue weighted by molar-refractivity contribution is 7.99. The number of hydrogen-bond donors (Lipinski definition) is 1. The van der Waals surface area contributed by atoms with Gasteiger partial charge in [0.2, 0.25) is 0 Å². The Morgan fingerprint density at radius 3 is 2.83 bits per heavy atom. The molecule has 1 N–H and O–H groups in total. The maximum absolute atomic E-state index is 3.81. The summed E-state index contributed by atoms with van der Waals surface area (Å²) in [5, 5.41) is 4.70. The van der Waals surface area contributed by atoms with Crippen molar-refractivity contribution in [3.05, 3.63) is 35.4 Å². The van der Waals surface area contributed by atoms with E-state index in [9.17, 15) is 0 Å². The molecule has 100 valence electrons. The molecule has 1 fully saturated rings. The van der Waals surface area contributed by atoms with E-state index >= 15 is 0 Å². The van der Waals surface area contributed by atoms with Gasteiger partial charge in [-0.2, -0.15) is 11.8 Å². The van der Waals surface area contributed by atoms with E-state index in [0.717, 1.165) is 5.25 Å². The zero-order chi connectivity index (χ0) is 13.0. The minimum Gasteiger partial charge on any atom is -0.307 e. The molecule has 0 amide bonds. The lowest BCUT2D eigenvalue weighted by Gasteiger charge is -2.21. The van der Waals surface area contributed by atoms with Crippen LogP contribution in [0.15, 0.2) is 24.3 Å². The van der Waals surface area contributed by atoms with E-state index in [1.165, 1.54) is 36.1 Å². The summed E-state index contributed by atoms with van der Waals surface area (Å²) in [4.78, 5) is 0. The first-order valence-corrected chi connectivity index (χ1v) is 8.18. The normalized spacial score (nSPS) is 25.3. The van der Waals surface area contributed by atoms with Crippen LogP contribution in [0.3, 0.4) is 0 Å². The largest absolute Gasteiger partial charge is 0.307 e. The van der Waals surface area contributed by atoms with Crippen LogP contribution < -0.4 is 5.32 Å². The van der Waals surface area contributed by atoms with Gasteiger partial charge in [-0.3, -0.25) is 0 Å². The molecule has 18 heavy (non-hydrogen) atoms. The number of rotatable bonds is 5. The lowest BCUT2D eigenvalue weighted by atomic mass is 10.0.